The molecule has 2 aromatic heterocycles. The van der Waals surface area contributed by atoms with E-state index in [9.17, 15) is 0 Å². The van der Waals surface area contributed by atoms with Crippen LogP contribution in [0.25, 0.3) is 11.6 Å². The first-order valence-electron chi connectivity index (χ1n) is 4.86. The number of rotatable bonds is 4. The van der Waals surface area contributed by atoms with Crippen molar-refractivity contribution >= 4 is 16.7 Å². The van der Waals surface area contributed by atoms with Crippen LogP contribution >= 0.6 is 11.5 Å². The predicted octanol–water partition coefficient (Wildman–Crippen LogP) is 1.76. The topological polar surface area (TPSA) is 55.6 Å². The van der Waals surface area contributed by atoms with Gasteiger partial charge in [0, 0.05) is 37.5 Å². The van der Waals surface area contributed by atoms with Crippen LogP contribution < -0.4 is 5.32 Å². The molecule has 15 heavy (non-hydrogen) atoms. The van der Waals surface area contributed by atoms with Crippen molar-refractivity contribution in [2.24, 2.45) is 7.05 Å². The monoisotopic (exact) mass is 223 g/mol. The number of anilines is 1. The van der Waals surface area contributed by atoms with Crippen molar-refractivity contribution in [2.75, 3.05) is 11.9 Å². The Labute approximate surface area is 92.4 Å². The first-order chi connectivity index (χ1) is 7.31. The van der Waals surface area contributed by atoms with Gasteiger partial charge in [0.05, 0.1) is 0 Å². The zero-order chi connectivity index (χ0) is 10.7. The average Bonchev–Trinajstić information content (AvgIpc) is 2.83. The first kappa shape index (κ1) is 10.1. The maximum Gasteiger partial charge on any atom is 0.210 e. The summed E-state index contributed by atoms with van der Waals surface area (Å²) in [6.45, 7) is 3.04. The van der Waals surface area contributed by atoms with Crippen LogP contribution in [-0.4, -0.2) is 25.5 Å². The molecule has 0 atom stereocenters. The molecular weight excluding hydrogens is 210 g/mol. The van der Waals surface area contributed by atoms with Gasteiger partial charge < -0.3 is 9.88 Å². The second kappa shape index (κ2) is 4.39. The highest BCUT2D eigenvalue weighted by Crippen LogP contribution is 2.18. The van der Waals surface area contributed by atoms with Crippen LogP contribution in [0.4, 0.5) is 5.13 Å². The standard InChI is InChI=1S/C9H13N5S/c1-3-4-11-9-12-7(13-15-9)8-10-5-6-14(8)2/h5-6H,3-4H2,1-2H3,(H,11,12,13). The lowest BCUT2D eigenvalue weighted by atomic mass is 10.5. The number of hydrogen-bond acceptors (Lipinski definition) is 5. The first-order valence-corrected chi connectivity index (χ1v) is 5.64. The minimum absolute atomic E-state index is 0.686. The number of aryl methyl sites for hydroxylation is 1. The summed E-state index contributed by atoms with van der Waals surface area (Å²) in [6, 6.07) is 0. The van der Waals surface area contributed by atoms with Gasteiger partial charge in [-0.05, 0) is 6.42 Å². The van der Waals surface area contributed by atoms with E-state index in [-0.39, 0.29) is 0 Å². The molecule has 6 heteroatoms. The molecule has 5 nitrogen and oxygen atoms in total. The highest BCUT2D eigenvalue weighted by molar-refractivity contribution is 7.09. The Hall–Kier alpha value is -1.43. The van der Waals surface area contributed by atoms with Crippen LogP contribution in [0.3, 0.4) is 0 Å². The van der Waals surface area contributed by atoms with Crippen molar-refractivity contribution in [3.63, 3.8) is 0 Å². The molecule has 0 aromatic carbocycles. The fourth-order valence-corrected chi connectivity index (χ4v) is 1.79. The van der Waals surface area contributed by atoms with E-state index in [1.54, 1.807) is 6.20 Å². The van der Waals surface area contributed by atoms with E-state index < -0.39 is 0 Å². The minimum Gasteiger partial charge on any atom is -0.360 e. The van der Waals surface area contributed by atoms with Gasteiger partial charge in [-0.25, -0.2) is 4.98 Å². The molecule has 0 fully saturated rings. The Bertz CT molecular complexity index is 433. The van der Waals surface area contributed by atoms with E-state index in [1.807, 2.05) is 17.8 Å². The van der Waals surface area contributed by atoms with Gasteiger partial charge in [0.1, 0.15) is 0 Å². The van der Waals surface area contributed by atoms with Crippen LogP contribution in [0.5, 0.6) is 0 Å². The third kappa shape index (κ3) is 2.15. The Morgan fingerprint density at radius 3 is 3.07 bits per heavy atom. The summed E-state index contributed by atoms with van der Waals surface area (Å²) in [5, 5.41) is 4.06. The predicted molar refractivity (Wildman–Crippen MR) is 60.9 cm³/mol. The van der Waals surface area contributed by atoms with Crippen molar-refractivity contribution in [3.05, 3.63) is 12.4 Å². The molecule has 0 saturated carbocycles. The summed E-state index contributed by atoms with van der Waals surface area (Å²) in [4.78, 5) is 8.56. The van der Waals surface area contributed by atoms with Gasteiger partial charge in [-0.2, -0.15) is 9.36 Å². The van der Waals surface area contributed by atoms with Gasteiger partial charge in [-0.15, -0.1) is 0 Å². The van der Waals surface area contributed by atoms with Gasteiger partial charge in [0.15, 0.2) is 5.82 Å². The molecule has 2 aromatic rings. The summed E-state index contributed by atoms with van der Waals surface area (Å²) in [5.74, 6) is 1.49. The molecule has 0 spiro atoms. The smallest absolute Gasteiger partial charge is 0.210 e. The van der Waals surface area contributed by atoms with E-state index in [0.717, 1.165) is 23.9 Å². The van der Waals surface area contributed by atoms with Crippen molar-refractivity contribution in [3.8, 4) is 11.6 Å². The van der Waals surface area contributed by atoms with E-state index in [1.165, 1.54) is 11.5 Å². The Balaban J connectivity index is 2.17. The molecule has 80 valence electrons. The second-order valence-corrected chi connectivity index (χ2v) is 3.96. The lowest BCUT2D eigenvalue weighted by Gasteiger charge is -1.96. The lowest BCUT2D eigenvalue weighted by Crippen LogP contribution is -1.99. The highest BCUT2D eigenvalue weighted by Gasteiger charge is 2.09. The molecule has 0 aliphatic carbocycles. The third-order valence-electron chi connectivity index (χ3n) is 1.97. The molecule has 2 heterocycles. The maximum atomic E-state index is 4.36. The normalized spacial score (nSPS) is 10.5. The Morgan fingerprint density at radius 1 is 1.53 bits per heavy atom. The molecule has 0 bridgehead atoms. The van der Waals surface area contributed by atoms with Gasteiger partial charge in [0.25, 0.3) is 0 Å². The van der Waals surface area contributed by atoms with Gasteiger partial charge in [-0.1, -0.05) is 6.92 Å². The summed E-state index contributed by atoms with van der Waals surface area (Å²) < 4.78 is 6.17. The maximum absolute atomic E-state index is 4.36. The van der Waals surface area contributed by atoms with Crippen LogP contribution in [0.1, 0.15) is 13.3 Å². The molecule has 0 radical (unpaired) electrons. The Morgan fingerprint density at radius 2 is 2.40 bits per heavy atom. The van der Waals surface area contributed by atoms with E-state index >= 15 is 0 Å². The molecular formula is C9H13N5S. The van der Waals surface area contributed by atoms with Gasteiger partial charge in [0.2, 0.25) is 11.0 Å². The zero-order valence-corrected chi connectivity index (χ0v) is 9.58. The molecule has 0 amide bonds. The molecule has 2 rings (SSSR count). The van der Waals surface area contributed by atoms with E-state index in [4.69, 9.17) is 0 Å². The second-order valence-electron chi connectivity index (χ2n) is 3.21. The molecule has 1 N–H and O–H groups in total. The summed E-state index contributed by atoms with van der Waals surface area (Å²) >= 11 is 1.37. The number of hydrogen-bond donors (Lipinski definition) is 1. The van der Waals surface area contributed by atoms with Crippen LogP contribution in [0.2, 0.25) is 0 Å². The van der Waals surface area contributed by atoms with Crippen molar-refractivity contribution in [1.29, 1.82) is 0 Å². The minimum atomic E-state index is 0.686. The van der Waals surface area contributed by atoms with Gasteiger partial charge in [-0.3, -0.25) is 0 Å². The average molecular weight is 223 g/mol. The summed E-state index contributed by atoms with van der Waals surface area (Å²) in [6.07, 6.45) is 4.71. The van der Waals surface area contributed by atoms with Crippen LogP contribution in [0.15, 0.2) is 12.4 Å². The van der Waals surface area contributed by atoms with Crippen molar-refractivity contribution in [1.82, 2.24) is 18.9 Å². The molecule has 0 unspecified atom stereocenters. The summed E-state index contributed by atoms with van der Waals surface area (Å²) in [7, 11) is 1.93. The van der Waals surface area contributed by atoms with Crippen molar-refractivity contribution in [2.45, 2.75) is 13.3 Å². The highest BCUT2D eigenvalue weighted by atomic mass is 32.1. The van der Waals surface area contributed by atoms with Crippen molar-refractivity contribution < 1.29 is 0 Å². The number of nitrogens with zero attached hydrogens (tertiary/aromatic N) is 4. The van der Waals surface area contributed by atoms with E-state index in [2.05, 4.69) is 26.6 Å². The van der Waals surface area contributed by atoms with Gasteiger partial charge >= 0.3 is 0 Å². The number of nitrogens with one attached hydrogen (secondary N) is 1. The fourth-order valence-electron chi connectivity index (χ4n) is 1.20. The largest absolute Gasteiger partial charge is 0.360 e. The quantitative estimate of drug-likeness (QED) is 0.858. The molecule has 0 saturated heterocycles. The number of imidazole rings is 1. The molecule has 0 aliphatic rings. The van der Waals surface area contributed by atoms with E-state index in [0.29, 0.717) is 5.82 Å². The lowest BCUT2D eigenvalue weighted by molar-refractivity contribution is 0.912. The third-order valence-corrected chi connectivity index (χ3v) is 2.65. The Kier molecular flexibility index (Phi) is 2.96. The summed E-state index contributed by atoms with van der Waals surface area (Å²) in [5.41, 5.74) is 0. The SMILES string of the molecule is CCCNc1nc(-c2nccn2C)ns1. The van der Waals surface area contributed by atoms with Crippen LogP contribution in [0, 0.1) is 0 Å². The zero-order valence-electron chi connectivity index (χ0n) is 8.77. The fraction of sp³-hybridized carbons (Fsp3) is 0.444. The van der Waals surface area contributed by atoms with Crippen LogP contribution in [-0.2, 0) is 7.05 Å². The number of aromatic nitrogens is 4. The molecule has 0 aliphatic heterocycles.